The van der Waals surface area contributed by atoms with Crippen LogP contribution in [-0.4, -0.2) is 13.7 Å². The highest BCUT2D eigenvalue weighted by Crippen LogP contribution is 2.42. The Kier molecular flexibility index (Phi) is 7.08. The molecule has 0 bridgehead atoms. The molecule has 2 rings (SSSR count). The molecule has 0 spiro atoms. The van der Waals surface area contributed by atoms with Crippen molar-refractivity contribution in [3.63, 3.8) is 0 Å². The molecule has 0 saturated carbocycles. The lowest BCUT2D eigenvalue weighted by Crippen LogP contribution is -2.16. The van der Waals surface area contributed by atoms with E-state index in [4.69, 9.17) is 9.05 Å². The lowest BCUT2D eigenvalue weighted by Gasteiger charge is -2.16. The van der Waals surface area contributed by atoms with Crippen molar-refractivity contribution in [2.45, 2.75) is 13.3 Å². The topological polar surface area (TPSA) is 47.6 Å². The zero-order chi connectivity index (χ0) is 17.3. The Morgan fingerprint density at radius 3 is 2.33 bits per heavy atom. The molecule has 0 radical (unpaired) electrons. The van der Waals surface area contributed by atoms with Crippen molar-refractivity contribution in [1.29, 1.82) is 0 Å². The summed E-state index contributed by atoms with van der Waals surface area (Å²) in [7, 11) is -2.05. The van der Waals surface area contributed by atoms with Crippen molar-refractivity contribution < 1.29 is 13.6 Å². The third-order valence-corrected chi connectivity index (χ3v) is 4.78. The van der Waals surface area contributed by atoms with Gasteiger partial charge in [0, 0.05) is 13.0 Å². The smallest absolute Gasteiger partial charge is 0.413 e. The molecular formula is C19H22NO3P. The molecule has 0 fully saturated rings. The number of rotatable bonds is 7. The number of benzene rings is 2. The van der Waals surface area contributed by atoms with Crippen LogP contribution in [0.2, 0.25) is 0 Å². The molecule has 5 heteroatoms. The van der Waals surface area contributed by atoms with Crippen LogP contribution in [0.4, 0.5) is 0 Å². The van der Waals surface area contributed by atoms with E-state index in [0.717, 1.165) is 6.42 Å². The Morgan fingerprint density at radius 2 is 1.71 bits per heavy atom. The molecule has 0 aliphatic heterocycles. The molecule has 2 aromatic rings. The van der Waals surface area contributed by atoms with Gasteiger partial charge in [0.05, 0.1) is 6.54 Å². The molecule has 1 N–H and O–H groups in total. The molecule has 2 unspecified atom stereocenters. The Hall–Kier alpha value is -2.05. The van der Waals surface area contributed by atoms with Gasteiger partial charge < -0.3 is 4.52 Å². The summed E-state index contributed by atoms with van der Waals surface area (Å²) in [5.74, 6) is 6.84. The van der Waals surface area contributed by atoms with Crippen LogP contribution < -0.4 is 9.61 Å². The Balaban J connectivity index is 1.84. The zero-order valence-corrected chi connectivity index (χ0v) is 14.8. The molecule has 0 aliphatic carbocycles. The standard InChI is InChI=1S/C19H22NO3P/c1-17(16-18-11-5-3-6-12-18)10-9-15-20-24(21,22-2)23-19-13-7-4-8-14-19/h3-8,11-14,17H,15-16H2,1-2H3,(H,20,21). The molecule has 0 heterocycles. The first-order valence-electron chi connectivity index (χ1n) is 7.79. The van der Waals surface area contributed by atoms with Crippen LogP contribution in [0.1, 0.15) is 12.5 Å². The fourth-order valence-corrected chi connectivity index (χ4v) is 3.07. The first-order valence-corrected chi connectivity index (χ1v) is 9.33. The first-order chi connectivity index (χ1) is 11.6. The third-order valence-electron chi connectivity index (χ3n) is 3.30. The minimum Gasteiger partial charge on any atom is -0.413 e. The molecule has 0 aromatic heterocycles. The molecule has 2 atom stereocenters. The van der Waals surface area contributed by atoms with Crippen molar-refractivity contribution >= 4 is 7.75 Å². The van der Waals surface area contributed by atoms with Gasteiger partial charge in [-0.1, -0.05) is 67.3 Å². The first kappa shape index (κ1) is 18.3. The largest absolute Gasteiger partial charge is 0.459 e. The van der Waals surface area contributed by atoms with E-state index in [2.05, 4.69) is 36.0 Å². The summed E-state index contributed by atoms with van der Waals surface area (Å²) in [6.45, 7) is 2.30. The highest BCUT2D eigenvalue weighted by molar-refractivity contribution is 7.52. The number of hydrogen-bond donors (Lipinski definition) is 1. The maximum Gasteiger partial charge on any atom is 0.459 e. The average Bonchev–Trinajstić information content (AvgIpc) is 2.60. The van der Waals surface area contributed by atoms with Crippen molar-refractivity contribution in [3.8, 4) is 17.6 Å². The van der Waals surface area contributed by atoms with E-state index in [1.54, 1.807) is 24.3 Å². The van der Waals surface area contributed by atoms with Crippen molar-refractivity contribution in [1.82, 2.24) is 5.09 Å². The van der Waals surface area contributed by atoms with Crippen LogP contribution in [0.15, 0.2) is 60.7 Å². The van der Waals surface area contributed by atoms with Gasteiger partial charge >= 0.3 is 7.75 Å². The molecule has 0 amide bonds. The molecule has 24 heavy (non-hydrogen) atoms. The summed E-state index contributed by atoms with van der Waals surface area (Å²) in [4.78, 5) is 0. The van der Waals surface area contributed by atoms with Gasteiger partial charge in [0.2, 0.25) is 0 Å². The van der Waals surface area contributed by atoms with Crippen LogP contribution in [0.3, 0.4) is 0 Å². The number of hydrogen-bond acceptors (Lipinski definition) is 3. The van der Waals surface area contributed by atoms with E-state index >= 15 is 0 Å². The van der Waals surface area contributed by atoms with Crippen LogP contribution in [0.5, 0.6) is 5.75 Å². The average molecular weight is 343 g/mol. The molecule has 4 nitrogen and oxygen atoms in total. The highest BCUT2D eigenvalue weighted by Gasteiger charge is 2.23. The Labute approximate surface area is 143 Å². The van der Waals surface area contributed by atoms with Gasteiger partial charge in [-0.15, -0.1) is 0 Å². The van der Waals surface area contributed by atoms with Gasteiger partial charge in [0.25, 0.3) is 0 Å². The summed E-state index contributed by atoms with van der Waals surface area (Å²) in [5, 5.41) is 2.75. The van der Waals surface area contributed by atoms with Gasteiger partial charge in [0.1, 0.15) is 5.75 Å². The fourth-order valence-electron chi connectivity index (χ4n) is 2.13. The molecular weight excluding hydrogens is 321 g/mol. The SMILES string of the molecule is COP(=O)(NCC#CC(C)Cc1ccccc1)Oc1ccccc1. The Bertz CT molecular complexity index is 723. The minimum atomic E-state index is -3.40. The van der Waals surface area contributed by atoms with Gasteiger partial charge in [-0.05, 0) is 24.1 Å². The summed E-state index contributed by atoms with van der Waals surface area (Å²) < 4.78 is 22.9. The normalized spacial score (nSPS) is 14.1. The van der Waals surface area contributed by atoms with E-state index in [9.17, 15) is 4.57 Å². The van der Waals surface area contributed by atoms with Crippen LogP contribution in [0.25, 0.3) is 0 Å². The van der Waals surface area contributed by atoms with E-state index in [0.29, 0.717) is 5.75 Å². The molecule has 0 saturated heterocycles. The lowest BCUT2D eigenvalue weighted by molar-refractivity contribution is 0.311. The predicted octanol–water partition coefficient (Wildman–Crippen LogP) is 4.29. The Morgan fingerprint density at radius 1 is 1.08 bits per heavy atom. The summed E-state index contributed by atoms with van der Waals surface area (Å²) in [6, 6.07) is 19.1. The minimum absolute atomic E-state index is 0.214. The van der Waals surface area contributed by atoms with Crippen LogP contribution >= 0.6 is 7.75 Å². The second kappa shape index (κ2) is 9.30. The van der Waals surface area contributed by atoms with Gasteiger partial charge in [-0.3, -0.25) is 4.52 Å². The van der Waals surface area contributed by atoms with E-state index in [-0.39, 0.29) is 12.5 Å². The van der Waals surface area contributed by atoms with Crippen molar-refractivity contribution in [3.05, 3.63) is 66.2 Å². The lowest BCUT2D eigenvalue weighted by atomic mass is 10.0. The van der Waals surface area contributed by atoms with Gasteiger partial charge in [0.15, 0.2) is 0 Å². The van der Waals surface area contributed by atoms with Gasteiger partial charge in [-0.25, -0.2) is 9.65 Å². The summed E-state index contributed by atoms with van der Waals surface area (Å²) in [6.07, 6.45) is 0.885. The maximum absolute atomic E-state index is 12.5. The summed E-state index contributed by atoms with van der Waals surface area (Å²) >= 11 is 0. The van der Waals surface area contributed by atoms with E-state index < -0.39 is 7.75 Å². The summed E-state index contributed by atoms with van der Waals surface area (Å²) in [5.41, 5.74) is 1.25. The number of para-hydroxylation sites is 1. The second-order valence-corrected chi connectivity index (χ2v) is 7.19. The third kappa shape index (κ3) is 6.22. The second-order valence-electron chi connectivity index (χ2n) is 5.33. The molecule has 126 valence electrons. The van der Waals surface area contributed by atoms with E-state index in [1.807, 2.05) is 24.3 Å². The highest BCUT2D eigenvalue weighted by atomic mass is 31.2. The van der Waals surface area contributed by atoms with E-state index in [1.165, 1.54) is 12.7 Å². The van der Waals surface area contributed by atoms with Crippen LogP contribution in [-0.2, 0) is 15.5 Å². The quantitative estimate of drug-likeness (QED) is 0.602. The van der Waals surface area contributed by atoms with Crippen LogP contribution in [0, 0.1) is 17.8 Å². The fraction of sp³-hybridized carbons (Fsp3) is 0.263. The molecule has 2 aromatic carbocycles. The monoisotopic (exact) mass is 343 g/mol. The van der Waals surface area contributed by atoms with Crippen molar-refractivity contribution in [2.75, 3.05) is 13.7 Å². The van der Waals surface area contributed by atoms with Crippen molar-refractivity contribution in [2.24, 2.45) is 5.92 Å². The van der Waals surface area contributed by atoms with Gasteiger partial charge in [-0.2, -0.15) is 0 Å². The zero-order valence-electron chi connectivity index (χ0n) is 13.9. The molecule has 0 aliphatic rings. The predicted molar refractivity (Wildman–Crippen MR) is 96.8 cm³/mol. The maximum atomic E-state index is 12.5. The number of nitrogens with one attached hydrogen (secondary N) is 1.